The van der Waals surface area contributed by atoms with Crippen LogP contribution >= 0.6 is 11.8 Å². The predicted molar refractivity (Wildman–Crippen MR) is 108 cm³/mol. The first-order valence-electron chi connectivity index (χ1n) is 8.31. The molecule has 2 aromatic heterocycles. The van der Waals surface area contributed by atoms with Crippen LogP contribution in [0.4, 0.5) is 5.69 Å². The van der Waals surface area contributed by atoms with Crippen molar-refractivity contribution in [1.82, 2.24) is 19.2 Å². The summed E-state index contributed by atoms with van der Waals surface area (Å²) in [7, 11) is -3.58. The monoisotopic (exact) mass is 403 g/mol. The van der Waals surface area contributed by atoms with Crippen LogP contribution in [0.1, 0.15) is 13.8 Å². The van der Waals surface area contributed by atoms with Crippen molar-refractivity contribution in [2.75, 3.05) is 18.1 Å². The third-order valence-electron chi connectivity index (χ3n) is 3.73. The van der Waals surface area contributed by atoms with Gasteiger partial charge in [-0.15, -0.1) is 10.2 Å². The third kappa shape index (κ3) is 4.86. The first-order chi connectivity index (χ1) is 12.8. The number of rotatable bonds is 7. The van der Waals surface area contributed by atoms with Gasteiger partial charge < -0.3 is 5.32 Å². The van der Waals surface area contributed by atoms with Gasteiger partial charge in [0.25, 0.3) is 0 Å². The maximum Gasteiger partial charge on any atom is 0.239 e. The molecule has 0 saturated heterocycles. The van der Waals surface area contributed by atoms with E-state index in [1.54, 1.807) is 24.5 Å². The van der Waals surface area contributed by atoms with Gasteiger partial charge in [0.05, 0.1) is 6.26 Å². The van der Waals surface area contributed by atoms with Gasteiger partial charge in [0.1, 0.15) is 0 Å². The van der Waals surface area contributed by atoms with Gasteiger partial charge in [0, 0.05) is 34.9 Å². The molecule has 2 heterocycles. The number of para-hydroxylation sites is 1. The Labute approximate surface area is 163 Å². The molecule has 0 atom stereocenters. The Kier molecular flexibility index (Phi) is 5.52. The van der Waals surface area contributed by atoms with Crippen molar-refractivity contribution in [2.24, 2.45) is 0 Å². The van der Waals surface area contributed by atoms with E-state index in [1.165, 1.54) is 15.7 Å². The molecule has 1 N–H and O–H groups in total. The minimum absolute atomic E-state index is 0.286. The number of benzene rings is 1. The van der Waals surface area contributed by atoms with Crippen molar-refractivity contribution < 1.29 is 8.42 Å². The summed E-state index contributed by atoms with van der Waals surface area (Å²) in [6, 6.07) is 13.3. The Morgan fingerprint density at radius 2 is 1.74 bits per heavy atom. The molecule has 0 aliphatic rings. The van der Waals surface area contributed by atoms with Gasteiger partial charge in [-0.2, -0.15) is 3.97 Å². The Morgan fingerprint density at radius 1 is 1.07 bits per heavy atom. The third-order valence-corrected chi connectivity index (χ3v) is 5.99. The van der Waals surface area contributed by atoms with E-state index in [0.717, 1.165) is 11.9 Å². The molecule has 0 unspecified atom stereocenters. The molecule has 7 nitrogen and oxygen atoms in total. The molecular weight excluding hydrogens is 382 g/mol. The second kappa shape index (κ2) is 7.69. The van der Waals surface area contributed by atoms with E-state index in [4.69, 9.17) is 0 Å². The molecule has 3 aromatic rings. The maximum atomic E-state index is 12.4. The number of nitrogens with zero attached hydrogens (tertiary/aromatic N) is 4. The lowest BCUT2D eigenvalue weighted by atomic mass is 10.2. The fourth-order valence-electron chi connectivity index (χ4n) is 2.45. The number of nitrogens with one attached hydrogen (secondary N) is 1. The molecule has 0 aliphatic carbocycles. The van der Waals surface area contributed by atoms with Crippen molar-refractivity contribution in [1.29, 1.82) is 0 Å². The minimum Gasteiger partial charge on any atom is -0.384 e. The van der Waals surface area contributed by atoms with E-state index in [2.05, 4.69) is 20.5 Å². The molecule has 9 heteroatoms. The molecule has 1 aromatic carbocycles. The Morgan fingerprint density at radius 3 is 2.37 bits per heavy atom. The number of hydrogen-bond donors (Lipinski definition) is 1. The molecule has 0 fully saturated rings. The van der Waals surface area contributed by atoms with Gasteiger partial charge in [0.15, 0.2) is 5.82 Å². The van der Waals surface area contributed by atoms with Gasteiger partial charge in [-0.25, -0.2) is 8.42 Å². The first-order valence-corrected chi connectivity index (χ1v) is 11.0. The first kappa shape index (κ1) is 19.4. The number of aromatic nitrogens is 4. The van der Waals surface area contributed by atoms with Crippen LogP contribution < -0.4 is 5.32 Å². The van der Waals surface area contributed by atoms with E-state index in [9.17, 15) is 8.42 Å². The molecule has 142 valence electrons. The molecule has 3 rings (SSSR count). The lowest BCUT2D eigenvalue weighted by Crippen LogP contribution is -2.27. The summed E-state index contributed by atoms with van der Waals surface area (Å²) >= 11 is 1.37. The van der Waals surface area contributed by atoms with E-state index < -0.39 is 10.0 Å². The van der Waals surface area contributed by atoms with Crippen LogP contribution in [-0.4, -0.2) is 45.1 Å². The molecule has 0 amide bonds. The zero-order chi connectivity index (χ0) is 19.5. The average Bonchev–Trinajstić information content (AvgIpc) is 3.05. The minimum atomic E-state index is -3.58. The lowest BCUT2D eigenvalue weighted by molar-refractivity contribution is 0.588. The van der Waals surface area contributed by atoms with Crippen molar-refractivity contribution in [3.63, 3.8) is 0 Å². The Balaban J connectivity index is 1.87. The molecule has 27 heavy (non-hydrogen) atoms. The number of anilines is 1. The molecule has 0 radical (unpaired) electrons. The topological polar surface area (TPSA) is 89.8 Å². The Bertz CT molecular complexity index is 1000. The van der Waals surface area contributed by atoms with Crippen molar-refractivity contribution in [3.8, 4) is 11.4 Å². The van der Waals surface area contributed by atoms with Crippen molar-refractivity contribution in [3.05, 3.63) is 54.9 Å². The number of hydrogen-bond acceptors (Lipinski definition) is 7. The second-order valence-electron chi connectivity index (χ2n) is 6.65. The molecule has 0 saturated carbocycles. The second-order valence-corrected chi connectivity index (χ2v) is 10.2. The normalized spacial score (nSPS) is 12.1. The van der Waals surface area contributed by atoms with Crippen molar-refractivity contribution >= 4 is 27.5 Å². The molecule has 0 aliphatic heterocycles. The van der Waals surface area contributed by atoms with Crippen LogP contribution in [0, 0.1) is 0 Å². The van der Waals surface area contributed by atoms with E-state index in [1.807, 2.05) is 44.2 Å². The van der Waals surface area contributed by atoms with Crippen LogP contribution in [0.3, 0.4) is 0 Å². The highest BCUT2D eigenvalue weighted by Gasteiger charge is 2.28. The van der Waals surface area contributed by atoms with Crippen LogP contribution in [0.25, 0.3) is 11.4 Å². The van der Waals surface area contributed by atoms with Gasteiger partial charge >= 0.3 is 0 Å². The fourth-order valence-corrected chi connectivity index (χ4v) is 4.64. The summed E-state index contributed by atoms with van der Waals surface area (Å²) < 4.78 is 25.7. The summed E-state index contributed by atoms with van der Waals surface area (Å²) in [5, 5.41) is 12.0. The van der Waals surface area contributed by atoms with Crippen molar-refractivity contribution in [2.45, 2.75) is 23.8 Å². The zero-order valence-electron chi connectivity index (χ0n) is 15.3. The van der Waals surface area contributed by atoms with Crippen LogP contribution in [0.2, 0.25) is 0 Å². The van der Waals surface area contributed by atoms with Gasteiger partial charge in [0.2, 0.25) is 15.2 Å². The Hall–Kier alpha value is -2.39. The van der Waals surface area contributed by atoms with Crippen LogP contribution in [0.15, 0.2) is 60.0 Å². The van der Waals surface area contributed by atoms with Crippen LogP contribution in [-0.2, 0) is 10.0 Å². The molecular formula is C18H21N5O2S2. The fraction of sp³-hybridized carbons (Fsp3) is 0.278. The van der Waals surface area contributed by atoms with E-state index >= 15 is 0 Å². The number of thioether (sulfide) groups is 1. The standard InChI is InChI=1S/C18H21N5O2S2/c1-18(2,13-20-15-7-5-4-6-8-15)26-17-22-21-16(23(17)27(3,24)25)14-9-11-19-12-10-14/h4-12,20H,13H2,1-3H3. The summed E-state index contributed by atoms with van der Waals surface area (Å²) in [5.41, 5.74) is 1.66. The quantitative estimate of drug-likeness (QED) is 0.606. The average molecular weight is 404 g/mol. The van der Waals surface area contributed by atoms with Gasteiger partial charge in [-0.3, -0.25) is 4.98 Å². The lowest BCUT2D eigenvalue weighted by Gasteiger charge is -2.24. The predicted octanol–water partition coefficient (Wildman–Crippen LogP) is 3.13. The smallest absolute Gasteiger partial charge is 0.239 e. The molecule has 0 spiro atoms. The summed E-state index contributed by atoms with van der Waals surface area (Å²) in [4.78, 5) is 3.96. The largest absolute Gasteiger partial charge is 0.384 e. The van der Waals surface area contributed by atoms with E-state index in [-0.39, 0.29) is 10.6 Å². The highest BCUT2D eigenvalue weighted by atomic mass is 32.2. The summed E-state index contributed by atoms with van der Waals surface area (Å²) in [6.45, 7) is 4.69. The number of pyridine rings is 1. The molecule has 0 bridgehead atoms. The van der Waals surface area contributed by atoms with E-state index in [0.29, 0.717) is 17.3 Å². The zero-order valence-corrected chi connectivity index (χ0v) is 17.0. The van der Waals surface area contributed by atoms with Crippen LogP contribution in [0.5, 0.6) is 0 Å². The van der Waals surface area contributed by atoms with Gasteiger partial charge in [-0.05, 0) is 38.1 Å². The highest BCUT2D eigenvalue weighted by molar-refractivity contribution is 8.01. The highest BCUT2D eigenvalue weighted by Crippen LogP contribution is 2.34. The summed E-state index contributed by atoms with van der Waals surface area (Å²) in [5.74, 6) is 0.286. The maximum absolute atomic E-state index is 12.4. The van der Waals surface area contributed by atoms with Gasteiger partial charge in [-0.1, -0.05) is 30.0 Å². The SMILES string of the molecule is CC(C)(CNc1ccccc1)Sc1nnc(-c2ccncc2)n1S(C)(=O)=O. The summed E-state index contributed by atoms with van der Waals surface area (Å²) in [6.07, 6.45) is 4.34.